The van der Waals surface area contributed by atoms with Crippen molar-refractivity contribution in [3.05, 3.63) is 66.9 Å². The van der Waals surface area contributed by atoms with Crippen LogP contribution in [0.3, 0.4) is 0 Å². The fourth-order valence-electron chi connectivity index (χ4n) is 2.47. The molecule has 0 aliphatic heterocycles. The Balaban J connectivity index is 2.27. The molecular weight excluding hydrogens is 218 g/mol. The molecule has 1 heteroatoms. The average Bonchev–Trinajstić information content (AvgIpc) is 2.45. The molecule has 1 radical (unpaired) electrons. The first-order chi connectivity index (χ1) is 8.92. The fourth-order valence-corrected chi connectivity index (χ4v) is 2.47. The summed E-state index contributed by atoms with van der Waals surface area (Å²) in [5, 5.41) is 5.98. The highest BCUT2D eigenvalue weighted by molar-refractivity contribution is 6.10. The van der Waals surface area contributed by atoms with Gasteiger partial charge in [0.15, 0.2) is 0 Å². The lowest BCUT2D eigenvalue weighted by molar-refractivity contribution is 1.43. The van der Waals surface area contributed by atoms with Crippen molar-refractivity contribution in [3.8, 4) is 0 Å². The van der Waals surface area contributed by atoms with Gasteiger partial charge in [0.1, 0.15) is 0 Å². The van der Waals surface area contributed by atoms with Gasteiger partial charge in [-0.3, -0.25) is 0 Å². The smallest absolute Gasteiger partial charge is 0.0979 e. The van der Waals surface area contributed by atoms with Crippen LogP contribution in [0.15, 0.2) is 60.7 Å². The second kappa shape index (κ2) is 3.54. The molecule has 0 saturated heterocycles. The second-order valence-corrected chi connectivity index (χ2v) is 4.49. The lowest BCUT2D eigenvalue weighted by atomic mass is 10.0. The molecule has 18 heavy (non-hydrogen) atoms. The maximum atomic E-state index is 4.39. The molecule has 0 amide bonds. The van der Waals surface area contributed by atoms with Gasteiger partial charge in [0.05, 0.1) is 11.7 Å². The Labute approximate surface area is 105 Å². The minimum absolute atomic E-state index is 1.00. The quantitative estimate of drug-likeness (QED) is 0.322. The Morgan fingerprint density at radius 3 is 2.33 bits per heavy atom. The van der Waals surface area contributed by atoms with Gasteiger partial charge >= 0.3 is 0 Å². The van der Waals surface area contributed by atoms with Gasteiger partial charge in [-0.25, -0.2) is 4.98 Å². The van der Waals surface area contributed by atoms with Gasteiger partial charge in [0.2, 0.25) is 0 Å². The van der Waals surface area contributed by atoms with Crippen molar-refractivity contribution < 1.29 is 0 Å². The Kier molecular flexibility index (Phi) is 1.89. The number of aromatic nitrogens is 1. The number of para-hydroxylation sites is 1. The molecule has 0 spiro atoms. The van der Waals surface area contributed by atoms with Gasteiger partial charge in [-0.1, -0.05) is 42.5 Å². The van der Waals surface area contributed by atoms with E-state index in [2.05, 4.69) is 59.7 Å². The molecule has 0 aliphatic carbocycles. The first-order valence-electron chi connectivity index (χ1n) is 6.01. The summed E-state index contributed by atoms with van der Waals surface area (Å²) in [6.45, 7) is 0. The van der Waals surface area contributed by atoms with E-state index in [-0.39, 0.29) is 0 Å². The Morgan fingerprint density at radius 1 is 0.722 bits per heavy atom. The standard InChI is InChI=1S/C17H10N/c1-2-6-13-10-16-14(9-12(13)5-1)11-18-17-8-4-3-7-15(16)17/h1-10H. The van der Waals surface area contributed by atoms with Crippen LogP contribution in [0, 0.1) is 6.20 Å². The average molecular weight is 228 g/mol. The molecule has 1 aromatic heterocycles. The molecule has 0 fully saturated rings. The van der Waals surface area contributed by atoms with Crippen molar-refractivity contribution in [1.82, 2.24) is 4.98 Å². The SMILES string of the molecule is [c]1nc2ccccc2c2cc3ccccc3cc12. The van der Waals surface area contributed by atoms with Crippen molar-refractivity contribution in [2.45, 2.75) is 0 Å². The predicted molar refractivity (Wildman–Crippen MR) is 75.6 cm³/mol. The van der Waals surface area contributed by atoms with Crippen LogP contribution in [0.4, 0.5) is 0 Å². The van der Waals surface area contributed by atoms with Crippen LogP contribution in [0.2, 0.25) is 0 Å². The van der Waals surface area contributed by atoms with E-state index in [4.69, 9.17) is 0 Å². The first-order valence-corrected chi connectivity index (χ1v) is 6.01. The lowest BCUT2D eigenvalue weighted by Crippen LogP contribution is -1.83. The molecule has 1 nitrogen and oxygen atoms in total. The summed E-state index contributed by atoms with van der Waals surface area (Å²) in [7, 11) is 0. The van der Waals surface area contributed by atoms with E-state index < -0.39 is 0 Å². The molecule has 1 heterocycles. The number of nitrogens with zero attached hydrogens (tertiary/aromatic N) is 1. The molecule has 0 bridgehead atoms. The molecule has 83 valence electrons. The molecule has 3 aromatic carbocycles. The second-order valence-electron chi connectivity index (χ2n) is 4.49. The number of hydrogen-bond acceptors (Lipinski definition) is 1. The van der Waals surface area contributed by atoms with Crippen molar-refractivity contribution in [2.75, 3.05) is 0 Å². The minimum atomic E-state index is 1.00. The highest BCUT2D eigenvalue weighted by atomic mass is 14.6. The summed E-state index contributed by atoms with van der Waals surface area (Å²) in [6.07, 6.45) is 3.14. The topological polar surface area (TPSA) is 12.9 Å². The summed E-state index contributed by atoms with van der Waals surface area (Å²) in [5.74, 6) is 0. The molecule has 0 saturated carbocycles. The van der Waals surface area contributed by atoms with Crippen molar-refractivity contribution in [2.24, 2.45) is 0 Å². The summed E-state index contributed by atoms with van der Waals surface area (Å²) < 4.78 is 0. The van der Waals surface area contributed by atoms with Gasteiger partial charge in [0.25, 0.3) is 0 Å². The number of hydrogen-bond donors (Lipinski definition) is 0. The van der Waals surface area contributed by atoms with E-state index in [0.29, 0.717) is 0 Å². The van der Waals surface area contributed by atoms with Gasteiger partial charge in [-0.15, -0.1) is 0 Å². The zero-order valence-electron chi connectivity index (χ0n) is 9.72. The van der Waals surface area contributed by atoms with Crippen molar-refractivity contribution in [3.63, 3.8) is 0 Å². The van der Waals surface area contributed by atoms with Gasteiger partial charge < -0.3 is 0 Å². The monoisotopic (exact) mass is 228 g/mol. The maximum Gasteiger partial charge on any atom is 0.0979 e. The van der Waals surface area contributed by atoms with Crippen LogP contribution in [0.5, 0.6) is 0 Å². The van der Waals surface area contributed by atoms with Crippen LogP contribution in [-0.4, -0.2) is 4.98 Å². The summed E-state index contributed by atoms with van der Waals surface area (Å²) in [5.41, 5.74) is 1.00. The van der Waals surface area contributed by atoms with Crippen LogP contribution >= 0.6 is 0 Å². The normalized spacial score (nSPS) is 11.3. The Hall–Kier alpha value is -2.41. The third-order valence-corrected chi connectivity index (χ3v) is 3.38. The number of rotatable bonds is 0. The molecule has 4 rings (SSSR count). The van der Waals surface area contributed by atoms with Gasteiger partial charge in [-0.2, -0.15) is 0 Å². The highest BCUT2D eigenvalue weighted by Gasteiger charge is 2.03. The van der Waals surface area contributed by atoms with E-state index >= 15 is 0 Å². The van der Waals surface area contributed by atoms with Gasteiger partial charge in [-0.05, 0) is 34.4 Å². The molecular formula is C17H10N. The molecule has 0 atom stereocenters. The number of pyridine rings is 1. The van der Waals surface area contributed by atoms with Gasteiger partial charge in [0, 0.05) is 10.8 Å². The zero-order chi connectivity index (χ0) is 11.9. The minimum Gasteiger partial charge on any atom is -0.245 e. The number of benzene rings is 3. The highest BCUT2D eigenvalue weighted by Crippen LogP contribution is 2.27. The fraction of sp³-hybridized carbons (Fsp3) is 0. The van der Waals surface area contributed by atoms with Crippen LogP contribution in [0.25, 0.3) is 32.4 Å². The van der Waals surface area contributed by atoms with Crippen LogP contribution in [-0.2, 0) is 0 Å². The number of fused-ring (bicyclic) bond motifs is 4. The maximum absolute atomic E-state index is 4.39. The summed E-state index contributed by atoms with van der Waals surface area (Å²) in [4.78, 5) is 4.39. The van der Waals surface area contributed by atoms with Crippen molar-refractivity contribution in [1.29, 1.82) is 0 Å². The Morgan fingerprint density at radius 2 is 1.44 bits per heavy atom. The summed E-state index contributed by atoms with van der Waals surface area (Å²) >= 11 is 0. The van der Waals surface area contributed by atoms with E-state index in [1.54, 1.807) is 0 Å². The van der Waals surface area contributed by atoms with Crippen LogP contribution in [0.1, 0.15) is 0 Å². The third-order valence-electron chi connectivity index (χ3n) is 3.38. The van der Waals surface area contributed by atoms with E-state index in [9.17, 15) is 0 Å². The predicted octanol–water partition coefficient (Wildman–Crippen LogP) is 4.34. The Bertz CT molecular complexity index is 872. The molecule has 0 N–H and O–H groups in total. The zero-order valence-corrected chi connectivity index (χ0v) is 9.72. The summed E-state index contributed by atoms with van der Waals surface area (Å²) in [6, 6.07) is 21.0. The van der Waals surface area contributed by atoms with E-state index in [1.807, 2.05) is 12.1 Å². The molecule has 4 aromatic rings. The largest absolute Gasteiger partial charge is 0.245 e. The van der Waals surface area contributed by atoms with E-state index in [0.717, 1.165) is 10.9 Å². The van der Waals surface area contributed by atoms with Crippen LogP contribution < -0.4 is 0 Å². The molecule has 0 aliphatic rings. The first kappa shape index (κ1) is 9.60. The third kappa shape index (κ3) is 1.31. The van der Waals surface area contributed by atoms with E-state index in [1.165, 1.54) is 21.5 Å². The van der Waals surface area contributed by atoms with Crippen molar-refractivity contribution >= 4 is 32.4 Å². The molecule has 0 unspecified atom stereocenters. The lowest BCUT2D eigenvalue weighted by Gasteiger charge is -2.04.